The van der Waals surface area contributed by atoms with E-state index in [1.807, 2.05) is 17.9 Å². The van der Waals surface area contributed by atoms with Gasteiger partial charge in [0.1, 0.15) is 5.15 Å². The van der Waals surface area contributed by atoms with Crippen LogP contribution in [0, 0.1) is 6.92 Å². The predicted molar refractivity (Wildman–Crippen MR) is 90.4 cm³/mol. The molecule has 3 heterocycles. The van der Waals surface area contributed by atoms with E-state index in [1.165, 1.54) is 4.88 Å². The van der Waals surface area contributed by atoms with Gasteiger partial charge in [0.05, 0.1) is 10.0 Å². The monoisotopic (exact) mass is 355 g/mol. The van der Waals surface area contributed by atoms with Crippen molar-refractivity contribution in [3.63, 3.8) is 0 Å². The first-order valence-electron chi connectivity index (χ1n) is 6.89. The molecule has 0 saturated heterocycles. The van der Waals surface area contributed by atoms with E-state index in [4.69, 9.17) is 23.2 Å². The minimum absolute atomic E-state index is 0.0210. The fourth-order valence-corrected chi connectivity index (χ4v) is 4.11. The van der Waals surface area contributed by atoms with Crippen LogP contribution in [0.4, 0.5) is 0 Å². The normalized spacial score (nSPS) is 14.6. The molecule has 0 aliphatic carbocycles. The molecule has 0 atom stereocenters. The molecule has 0 unspecified atom stereocenters. The molecule has 0 N–H and O–H groups in total. The second kappa shape index (κ2) is 6.07. The van der Waals surface area contributed by atoms with E-state index in [1.54, 1.807) is 35.2 Å². The Balaban J connectivity index is 1.74. The molecule has 0 saturated carbocycles. The van der Waals surface area contributed by atoms with Gasteiger partial charge in [0, 0.05) is 36.7 Å². The highest BCUT2D eigenvalue weighted by Crippen LogP contribution is 2.31. The van der Waals surface area contributed by atoms with Crippen LogP contribution < -0.4 is 0 Å². The van der Waals surface area contributed by atoms with E-state index in [9.17, 15) is 4.79 Å². The summed E-state index contributed by atoms with van der Waals surface area (Å²) in [5, 5.41) is 4.76. The van der Waals surface area contributed by atoms with Crippen molar-refractivity contribution in [1.29, 1.82) is 0 Å². The standard InChI is InChI=1S/C15H15Cl2N3OS/c1-9-11(15(17)19(2)18-9)3-4-14(21)20-6-5-12-10(8-20)7-13(16)22-12/h3-4,7H,5-6,8H2,1-2H3/b4-3+. The van der Waals surface area contributed by atoms with Gasteiger partial charge in [-0.25, -0.2) is 0 Å². The van der Waals surface area contributed by atoms with Crippen LogP contribution in [0.3, 0.4) is 0 Å². The molecule has 1 amide bonds. The van der Waals surface area contributed by atoms with E-state index < -0.39 is 0 Å². The SMILES string of the molecule is Cc1nn(C)c(Cl)c1/C=C/C(=O)N1CCc2sc(Cl)cc2C1. The van der Waals surface area contributed by atoms with Gasteiger partial charge in [0.25, 0.3) is 0 Å². The number of carbonyl (C=O) groups excluding carboxylic acids is 1. The lowest BCUT2D eigenvalue weighted by Crippen LogP contribution is -2.34. The number of aromatic nitrogens is 2. The van der Waals surface area contributed by atoms with Gasteiger partial charge in [-0.15, -0.1) is 11.3 Å². The van der Waals surface area contributed by atoms with Gasteiger partial charge in [-0.2, -0.15) is 5.10 Å². The van der Waals surface area contributed by atoms with Crippen LogP contribution in [-0.2, 0) is 24.8 Å². The second-order valence-electron chi connectivity index (χ2n) is 5.26. The van der Waals surface area contributed by atoms with E-state index in [0.717, 1.165) is 27.6 Å². The zero-order valence-electron chi connectivity index (χ0n) is 12.3. The van der Waals surface area contributed by atoms with Gasteiger partial charge in [-0.1, -0.05) is 23.2 Å². The summed E-state index contributed by atoms with van der Waals surface area (Å²) in [7, 11) is 1.78. The highest BCUT2D eigenvalue weighted by atomic mass is 35.5. The molecule has 1 aliphatic rings. The maximum Gasteiger partial charge on any atom is 0.246 e. The zero-order valence-corrected chi connectivity index (χ0v) is 14.6. The molecule has 22 heavy (non-hydrogen) atoms. The van der Waals surface area contributed by atoms with Crippen molar-refractivity contribution in [2.45, 2.75) is 19.9 Å². The summed E-state index contributed by atoms with van der Waals surface area (Å²) in [4.78, 5) is 15.5. The number of thiophene rings is 1. The fraction of sp³-hybridized carbons (Fsp3) is 0.333. The Morgan fingerprint density at radius 1 is 1.45 bits per heavy atom. The van der Waals surface area contributed by atoms with Crippen LogP contribution in [0.5, 0.6) is 0 Å². The Morgan fingerprint density at radius 3 is 2.91 bits per heavy atom. The summed E-state index contributed by atoms with van der Waals surface area (Å²) >= 11 is 13.8. The summed E-state index contributed by atoms with van der Waals surface area (Å²) in [6, 6.07) is 1.95. The predicted octanol–water partition coefficient (Wildman–Crippen LogP) is 3.69. The molecule has 4 nitrogen and oxygen atoms in total. The highest BCUT2D eigenvalue weighted by Gasteiger charge is 2.21. The Morgan fingerprint density at radius 2 is 2.23 bits per heavy atom. The molecule has 0 spiro atoms. The van der Waals surface area contributed by atoms with Gasteiger partial charge < -0.3 is 4.90 Å². The molecule has 116 valence electrons. The summed E-state index contributed by atoms with van der Waals surface area (Å²) in [5.74, 6) is -0.0210. The van der Waals surface area contributed by atoms with Gasteiger partial charge in [0.2, 0.25) is 5.91 Å². The molecule has 2 aromatic heterocycles. The molecule has 3 rings (SSSR count). The molecule has 0 fully saturated rings. The lowest BCUT2D eigenvalue weighted by Gasteiger charge is -2.25. The molecule has 7 heteroatoms. The highest BCUT2D eigenvalue weighted by molar-refractivity contribution is 7.16. The molecule has 0 aromatic carbocycles. The Labute approximate surface area is 142 Å². The number of hydrogen-bond donors (Lipinski definition) is 0. The first-order chi connectivity index (χ1) is 10.5. The van der Waals surface area contributed by atoms with Crippen LogP contribution in [0.2, 0.25) is 9.49 Å². The number of rotatable bonds is 2. The van der Waals surface area contributed by atoms with Crippen LogP contribution in [0.25, 0.3) is 6.08 Å². The van der Waals surface area contributed by atoms with Crippen molar-refractivity contribution in [2.24, 2.45) is 7.05 Å². The summed E-state index contributed by atoms with van der Waals surface area (Å²) in [5.41, 5.74) is 2.74. The first kappa shape index (κ1) is 15.6. The lowest BCUT2D eigenvalue weighted by atomic mass is 10.1. The first-order valence-corrected chi connectivity index (χ1v) is 8.46. The molecular weight excluding hydrogens is 341 g/mol. The smallest absolute Gasteiger partial charge is 0.246 e. The van der Waals surface area contributed by atoms with Crippen molar-refractivity contribution in [3.05, 3.63) is 43.3 Å². The molecule has 0 bridgehead atoms. The van der Waals surface area contributed by atoms with Crippen LogP contribution in [0.1, 0.15) is 21.7 Å². The number of amides is 1. The largest absolute Gasteiger partial charge is 0.334 e. The number of aryl methyl sites for hydroxylation is 2. The number of carbonyl (C=O) groups is 1. The molecule has 1 aliphatic heterocycles. The summed E-state index contributed by atoms with van der Waals surface area (Å²) < 4.78 is 2.38. The third kappa shape index (κ3) is 2.93. The van der Waals surface area contributed by atoms with E-state index in [-0.39, 0.29) is 5.91 Å². The quantitative estimate of drug-likeness (QED) is 0.770. The summed E-state index contributed by atoms with van der Waals surface area (Å²) in [6.45, 7) is 3.20. The van der Waals surface area contributed by atoms with Crippen molar-refractivity contribution in [2.75, 3.05) is 6.54 Å². The maximum atomic E-state index is 12.4. The van der Waals surface area contributed by atoms with Crippen LogP contribution >= 0.6 is 34.5 Å². The van der Waals surface area contributed by atoms with Crippen LogP contribution in [0.15, 0.2) is 12.1 Å². The Bertz CT molecular complexity index is 763. The second-order valence-corrected chi connectivity index (χ2v) is 7.38. The summed E-state index contributed by atoms with van der Waals surface area (Å²) in [6.07, 6.45) is 4.16. The number of nitrogens with zero attached hydrogens (tertiary/aromatic N) is 3. The lowest BCUT2D eigenvalue weighted by molar-refractivity contribution is -0.126. The van der Waals surface area contributed by atoms with Gasteiger partial charge in [-0.05, 0) is 31.1 Å². The molecular formula is C15H15Cl2N3OS. The third-order valence-electron chi connectivity index (χ3n) is 3.74. The average molecular weight is 356 g/mol. The van der Waals surface area contributed by atoms with Crippen molar-refractivity contribution in [3.8, 4) is 0 Å². The van der Waals surface area contributed by atoms with Gasteiger partial charge >= 0.3 is 0 Å². The van der Waals surface area contributed by atoms with Crippen molar-refractivity contribution >= 4 is 46.5 Å². The zero-order chi connectivity index (χ0) is 15.9. The molecule has 2 aromatic rings. The van der Waals surface area contributed by atoms with E-state index in [2.05, 4.69) is 5.10 Å². The maximum absolute atomic E-state index is 12.4. The Hall–Kier alpha value is -1.30. The van der Waals surface area contributed by atoms with E-state index in [0.29, 0.717) is 18.2 Å². The third-order valence-corrected chi connectivity index (χ3v) is 5.55. The number of hydrogen-bond acceptors (Lipinski definition) is 3. The van der Waals surface area contributed by atoms with Gasteiger partial charge in [0.15, 0.2) is 0 Å². The van der Waals surface area contributed by atoms with Crippen LogP contribution in [-0.4, -0.2) is 27.1 Å². The molecule has 0 radical (unpaired) electrons. The number of fused-ring (bicyclic) bond motifs is 1. The van der Waals surface area contributed by atoms with Crippen molar-refractivity contribution < 1.29 is 4.79 Å². The average Bonchev–Trinajstić information content (AvgIpc) is 2.95. The minimum atomic E-state index is -0.0210. The topological polar surface area (TPSA) is 38.1 Å². The minimum Gasteiger partial charge on any atom is -0.334 e. The van der Waals surface area contributed by atoms with Gasteiger partial charge in [-0.3, -0.25) is 9.48 Å². The van der Waals surface area contributed by atoms with Crippen molar-refractivity contribution in [1.82, 2.24) is 14.7 Å². The fourth-order valence-electron chi connectivity index (χ4n) is 2.58. The van der Waals surface area contributed by atoms with E-state index >= 15 is 0 Å². The number of halogens is 2. The Kier molecular flexibility index (Phi) is 4.30.